The lowest BCUT2D eigenvalue weighted by molar-refractivity contribution is 0.00204. The molecular weight excluding hydrogens is 288 g/mol. The summed E-state index contributed by atoms with van der Waals surface area (Å²) in [5.74, 6) is 0. The van der Waals surface area contributed by atoms with Crippen LogP contribution in [0.25, 0.3) is 0 Å². The fourth-order valence-electron chi connectivity index (χ4n) is 1.73. The van der Waals surface area contributed by atoms with Gasteiger partial charge in [0.25, 0.3) is 0 Å². The van der Waals surface area contributed by atoms with Crippen molar-refractivity contribution in [3.8, 4) is 0 Å². The number of unbranched alkanes of at least 4 members (excludes halogenated alkanes) is 1. The number of ether oxygens (including phenoxy) is 2. The molecule has 0 amide bonds. The average Bonchev–Trinajstić information content (AvgIpc) is 2.99. The van der Waals surface area contributed by atoms with Gasteiger partial charge < -0.3 is 19.9 Å². The fraction of sp³-hybridized carbons (Fsp3) is 0.800. The Labute approximate surface area is 131 Å². The molecule has 0 aliphatic carbocycles. The number of hydrogen-bond acceptors (Lipinski definition) is 6. The molecule has 122 valence electrons. The van der Waals surface area contributed by atoms with E-state index < -0.39 is 6.10 Å². The van der Waals surface area contributed by atoms with Crippen molar-refractivity contribution in [2.45, 2.75) is 45.3 Å². The molecule has 5 nitrogen and oxygen atoms in total. The molecule has 0 saturated heterocycles. The second-order valence-corrected chi connectivity index (χ2v) is 6.43. The largest absolute Gasteiger partial charge is 0.389 e. The topological polar surface area (TPSA) is 63.6 Å². The first kappa shape index (κ1) is 18.5. The van der Waals surface area contributed by atoms with E-state index in [-0.39, 0.29) is 5.54 Å². The van der Waals surface area contributed by atoms with Crippen molar-refractivity contribution >= 4 is 11.3 Å². The van der Waals surface area contributed by atoms with E-state index in [0.29, 0.717) is 26.4 Å². The van der Waals surface area contributed by atoms with E-state index in [4.69, 9.17) is 9.47 Å². The summed E-state index contributed by atoms with van der Waals surface area (Å²) in [7, 11) is 0. The smallest absolute Gasteiger partial charge is 0.112 e. The van der Waals surface area contributed by atoms with Crippen molar-refractivity contribution in [3.63, 3.8) is 0 Å². The number of nitrogens with zero attached hydrogens (tertiary/aromatic N) is 1. The van der Waals surface area contributed by atoms with Gasteiger partial charge >= 0.3 is 0 Å². The molecular formula is C15H28N2O3S. The Morgan fingerprint density at radius 3 is 2.76 bits per heavy atom. The number of nitrogens with one attached hydrogen (secondary N) is 1. The summed E-state index contributed by atoms with van der Waals surface area (Å²) in [6, 6.07) is 0. The molecule has 2 N–H and O–H groups in total. The number of hydrogen-bond donors (Lipinski definition) is 2. The lowest BCUT2D eigenvalue weighted by Crippen LogP contribution is -2.42. The SMILES string of the molecule is CCCCOCCOCC(O)CNC(C)(C)c1nccs1. The van der Waals surface area contributed by atoms with Crippen LogP contribution in [0.1, 0.15) is 38.6 Å². The molecule has 1 unspecified atom stereocenters. The first-order chi connectivity index (χ1) is 10.1. The Balaban J connectivity index is 2.07. The van der Waals surface area contributed by atoms with Crippen LogP contribution in [0.15, 0.2) is 11.6 Å². The van der Waals surface area contributed by atoms with E-state index in [9.17, 15) is 5.11 Å². The molecule has 0 aromatic carbocycles. The second kappa shape index (κ2) is 10.2. The monoisotopic (exact) mass is 316 g/mol. The molecule has 0 aliphatic rings. The van der Waals surface area contributed by atoms with Crippen molar-refractivity contribution < 1.29 is 14.6 Å². The van der Waals surface area contributed by atoms with Gasteiger partial charge in [-0.1, -0.05) is 13.3 Å². The highest BCUT2D eigenvalue weighted by molar-refractivity contribution is 7.09. The van der Waals surface area contributed by atoms with E-state index in [1.165, 1.54) is 0 Å². The van der Waals surface area contributed by atoms with E-state index in [2.05, 4.69) is 31.1 Å². The van der Waals surface area contributed by atoms with Crippen molar-refractivity contribution in [2.75, 3.05) is 33.0 Å². The van der Waals surface area contributed by atoms with Crippen LogP contribution in [0.2, 0.25) is 0 Å². The van der Waals surface area contributed by atoms with Gasteiger partial charge in [-0.05, 0) is 20.3 Å². The quantitative estimate of drug-likeness (QED) is 0.579. The number of aliphatic hydroxyl groups excluding tert-OH is 1. The normalized spacial score (nSPS) is 13.5. The van der Waals surface area contributed by atoms with Gasteiger partial charge in [0.15, 0.2) is 0 Å². The first-order valence-corrected chi connectivity index (χ1v) is 8.42. The van der Waals surface area contributed by atoms with E-state index >= 15 is 0 Å². The summed E-state index contributed by atoms with van der Waals surface area (Å²) >= 11 is 1.61. The zero-order valence-electron chi connectivity index (χ0n) is 13.3. The summed E-state index contributed by atoms with van der Waals surface area (Å²) in [5.41, 5.74) is -0.238. The van der Waals surface area contributed by atoms with Gasteiger partial charge in [0.05, 0.1) is 31.5 Å². The summed E-state index contributed by atoms with van der Waals surface area (Å²) in [4.78, 5) is 4.30. The highest BCUT2D eigenvalue weighted by Crippen LogP contribution is 2.21. The van der Waals surface area contributed by atoms with Crippen LogP contribution < -0.4 is 5.32 Å². The maximum absolute atomic E-state index is 9.91. The summed E-state index contributed by atoms with van der Waals surface area (Å²) in [6.07, 6.45) is 3.49. The Morgan fingerprint density at radius 2 is 2.10 bits per heavy atom. The zero-order chi connectivity index (χ0) is 15.6. The summed E-state index contributed by atoms with van der Waals surface area (Å²) in [5, 5.41) is 16.2. The maximum Gasteiger partial charge on any atom is 0.112 e. The molecule has 0 bridgehead atoms. The number of aliphatic hydroxyl groups is 1. The molecule has 0 saturated carbocycles. The van der Waals surface area contributed by atoms with Gasteiger partial charge in [-0.15, -0.1) is 11.3 Å². The van der Waals surface area contributed by atoms with Crippen LogP contribution in [-0.4, -0.2) is 49.2 Å². The average molecular weight is 316 g/mol. The molecule has 0 aliphatic heterocycles. The van der Waals surface area contributed by atoms with Crippen LogP contribution in [0.5, 0.6) is 0 Å². The molecule has 6 heteroatoms. The van der Waals surface area contributed by atoms with Crippen molar-refractivity contribution in [1.82, 2.24) is 10.3 Å². The second-order valence-electron chi connectivity index (χ2n) is 5.54. The van der Waals surface area contributed by atoms with Crippen molar-refractivity contribution in [1.29, 1.82) is 0 Å². The highest BCUT2D eigenvalue weighted by atomic mass is 32.1. The van der Waals surface area contributed by atoms with Crippen LogP contribution in [0.4, 0.5) is 0 Å². The Kier molecular flexibility index (Phi) is 9.03. The van der Waals surface area contributed by atoms with E-state index in [0.717, 1.165) is 24.5 Å². The van der Waals surface area contributed by atoms with Gasteiger partial charge in [0, 0.05) is 24.7 Å². The molecule has 1 aromatic heterocycles. The third kappa shape index (κ3) is 7.87. The standard InChI is InChI=1S/C15H28N2O3S/c1-4-5-7-19-8-9-20-12-13(18)11-17-15(2,3)14-16-6-10-21-14/h6,10,13,17-18H,4-5,7-9,11-12H2,1-3H3. The molecule has 0 spiro atoms. The van der Waals surface area contributed by atoms with Crippen molar-refractivity contribution in [2.24, 2.45) is 0 Å². The van der Waals surface area contributed by atoms with E-state index in [1.54, 1.807) is 17.5 Å². The third-order valence-corrected chi connectivity index (χ3v) is 4.17. The predicted octanol–water partition coefficient (Wildman–Crippen LogP) is 2.16. The minimum Gasteiger partial charge on any atom is -0.389 e. The zero-order valence-corrected chi connectivity index (χ0v) is 14.1. The van der Waals surface area contributed by atoms with Gasteiger partial charge in [-0.25, -0.2) is 4.98 Å². The minimum atomic E-state index is -0.528. The number of thiazole rings is 1. The molecule has 1 rings (SSSR count). The highest BCUT2D eigenvalue weighted by Gasteiger charge is 2.23. The maximum atomic E-state index is 9.91. The Bertz CT molecular complexity index is 358. The van der Waals surface area contributed by atoms with Crippen LogP contribution in [0.3, 0.4) is 0 Å². The lowest BCUT2D eigenvalue weighted by atomic mass is 10.1. The van der Waals surface area contributed by atoms with Gasteiger partial charge in [-0.3, -0.25) is 0 Å². The van der Waals surface area contributed by atoms with Gasteiger partial charge in [0.1, 0.15) is 5.01 Å². The Morgan fingerprint density at radius 1 is 1.33 bits per heavy atom. The third-order valence-electron chi connectivity index (χ3n) is 3.07. The minimum absolute atomic E-state index is 0.238. The fourth-order valence-corrected chi connectivity index (χ4v) is 2.46. The summed E-state index contributed by atoms with van der Waals surface area (Å²) in [6.45, 7) is 8.94. The molecule has 1 aromatic rings. The van der Waals surface area contributed by atoms with Crippen LogP contribution in [-0.2, 0) is 15.0 Å². The van der Waals surface area contributed by atoms with E-state index in [1.807, 2.05) is 5.38 Å². The molecule has 1 atom stereocenters. The predicted molar refractivity (Wildman–Crippen MR) is 85.7 cm³/mol. The van der Waals surface area contributed by atoms with Crippen LogP contribution in [0, 0.1) is 0 Å². The lowest BCUT2D eigenvalue weighted by Gasteiger charge is -2.25. The van der Waals surface area contributed by atoms with Gasteiger partial charge in [0.2, 0.25) is 0 Å². The molecule has 1 heterocycles. The molecule has 0 radical (unpaired) electrons. The first-order valence-electron chi connectivity index (χ1n) is 7.55. The number of aromatic nitrogens is 1. The number of rotatable bonds is 12. The Hall–Kier alpha value is -0.530. The van der Waals surface area contributed by atoms with Crippen LogP contribution >= 0.6 is 11.3 Å². The van der Waals surface area contributed by atoms with Crippen molar-refractivity contribution in [3.05, 3.63) is 16.6 Å². The molecule has 0 fully saturated rings. The van der Waals surface area contributed by atoms with Gasteiger partial charge in [-0.2, -0.15) is 0 Å². The summed E-state index contributed by atoms with van der Waals surface area (Å²) < 4.78 is 10.8. The molecule has 21 heavy (non-hydrogen) atoms.